The molecule has 11 heavy (non-hydrogen) atoms. The van der Waals surface area contributed by atoms with Crippen molar-refractivity contribution in [3.63, 3.8) is 0 Å². The van der Waals surface area contributed by atoms with Crippen molar-refractivity contribution in [1.82, 2.24) is 5.32 Å². The van der Waals surface area contributed by atoms with Crippen LogP contribution in [0.25, 0.3) is 0 Å². The van der Waals surface area contributed by atoms with Crippen molar-refractivity contribution in [3.05, 3.63) is 0 Å². The molecule has 0 amide bonds. The maximum atomic E-state index is 10.6. The number of rotatable bonds is 1. The predicted octanol–water partition coefficient (Wildman–Crippen LogP) is -0.780. The molecular formula is C7H12NO2S-. The molecule has 4 heteroatoms. The fourth-order valence-corrected chi connectivity index (χ4v) is 2.31. The summed E-state index contributed by atoms with van der Waals surface area (Å²) in [6.07, 6.45) is 0. The molecule has 0 aromatic carbocycles. The van der Waals surface area contributed by atoms with Gasteiger partial charge in [0, 0.05) is 17.0 Å². The zero-order chi connectivity index (χ0) is 8.48. The molecule has 1 aliphatic rings. The number of carbonyl (C=O) groups is 1. The minimum absolute atomic E-state index is 0.239. The maximum Gasteiger partial charge on any atom is 0.0611 e. The van der Waals surface area contributed by atoms with E-state index >= 15 is 0 Å². The molecular weight excluding hydrogens is 162 g/mol. The third-order valence-corrected chi connectivity index (χ3v) is 3.24. The van der Waals surface area contributed by atoms with Crippen LogP contribution in [0.5, 0.6) is 0 Å². The Balaban J connectivity index is 2.67. The molecule has 0 aliphatic carbocycles. The number of carbonyl (C=O) groups excluding carboxylic acids is 1. The van der Waals surface area contributed by atoms with Crippen LogP contribution >= 0.6 is 11.8 Å². The first-order valence-corrected chi connectivity index (χ1v) is 4.61. The van der Waals surface area contributed by atoms with E-state index < -0.39 is 12.0 Å². The van der Waals surface area contributed by atoms with Gasteiger partial charge in [-0.05, 0) is 13.8 Å². The summed E-state index contributed by atoms with van der Waals surface area (Å²) in [4.78, 5) is 10.6. The molecule has 1 saturated heterocycles. The molecule has 1 atom stereocenters. The van der Waals surface area contributed by atoms with Crippen molar-refractivity contribution in [2.24, 2.45) is 0 Å². The van der Waals surface area contributed by atoms with Gasteiger partial charge in [-0.3, -0.25) is 0 Å². The van der Waals surface area contributed by atoms with Crippen LogP contribution in [0.2, 0.25) is 0 Å². The molecule has 1 N–H and O–H groups in total. The summed E-state index contributed by atoms with van der Waals surface area (Å²) in [5.74, 6) is -0.0289. The monoisotopic (exact) mass is 174 g/mol. The standard InChI is InChI=1S/C7H13NO2S/c1-7(2)5(6(9)10)8-3-4-11-7/h5,8H,3-4H2,1-2H3,(H,9,10)/p-1. The lowest BCUT2D eigenvalue weighted by Gasteiger charge is -2.39. The number of aliphatic carboxylic acids is 1. The Morgan fingerprint density at radius 3 is 2.73 bits per heavy atom. The van der Waals surface area contributed by atoms with Crippen molar-refractivity contribution >= 4 is 17.7 Å². The smallest absolute Gasteiger partial charge is 0.0611 e. The van der Waals surface area contributed by atoms with E-state index in [0.717, 1.165) is 12.3 Å². The fourth-order valence-electron chi connectivity index (χ4n) is 1.21. The third-order valence-electron chi connectivity index (χ3n) is 1.86. The molecule has 0 radical (unpaired) electrons. The zero-order valence-corrected chi connectivity index (χ0v) is 7.53. The molecule has 0 aromatic heterocycles. The second-order valence-corrected chi connectivity index (χ2v) is 4.91. The summed E-state index contributed by atoms with van der Waals surface area (Å²) in [5, 5.41) is 13.5. The number of carboxylic acids is 1. The summed E-state index contributed by atoms with van der Waals surface area (Å²) in [6.45, 7) is 4.60. The fraction of sp³-hybridized carbons (Fsp3) is 0.857. The SMILES string of the molecule is CC1(C)SCCNC1C(=O)[O-]. The largest absolute Gasteiger partial charge is 0.548 e. The van der Waals surface area contributed by atoms with E-state index in [9.17, 15) is 9.90 Å². The van der Waals surface area contributed by atoms with Gasteiger partial charge < -0.3 is 15.2 Å². The minimum atomic E-state index is -0.998. The predicted molar refractivity (Wildman–Crippen MR) is 43.3 cm³/mol. The summed E-state index contributed by atoms with van der Waals surface area (Å²) in [5.41, 5.74) is 0. The first kappa shape index (κ1) is 8.87. The van der Waals surface area contributed by atoms with E-state index in [-0.39, 0.29) is 4.75 Å². The molecule has 1 aliphatic heterocycles. The van der Waals surface area contributed by atoms with Gasteiger partial charge in [0.1, 0.15) is 0 Å². The molecule has 1 rings (SSSR count). The first-order chi connectivity index (χ1) is 5.04. The van der Waals surface area contributed by atoms with Crippen LogP contribution in [0.15, 0.2) is 0 Å². The van der Waals surface area contributed by atoms with Crippen molar-refractivity contribution in [2.75, 3.05) is 12.3 Å². The molecule has 1 unspecified atom stereocenters. The van der Waals surface area contributed by atoms with Gasteiger partial charge in [-0.2, -0.15) is 11.8 Å². The Bertz CT molecular complexity index is 170. The van der Waals surface area contributed by atoms with Crippen LogP contribution in [-0.2, 0) is 4.79 Å². The Hall–Kier alpha value is -0.220. The summed E-state index contributed by atoms with van der Waals surface area (Å²) in [7, 11) is 0. The van der Waals surface area contributed by atoms with Gasteiger partial charge in [0.05, 0.1) is 12.0 Å². The maximum absolute atomic E-state index is 10.6. The van der Waals surface area contributed by atoms with Crippen molar-refractivity contribution in [3.8, 4) is 0 Å². The summed E-state index contributed by atoms with van der Waals surface area (Å²) < 4.78 is -0.239. The summed E-state index contributed by atoms with van der Waals surface area (Å²) >= 11 is 1.67. The van der Waals surface area contributed by atoms with Gasteiger partial charge in [-0.15, -0.1) is 0 Å². The van der Waals surface area contributed by atoms with E-state index in [4.69, 9.17) is 0 Å². The second-order valence-electron chi connectivity index (χ2n) is 3.16. The topological polar surface area (TPSA) is 52.2 Å². The molecule has 1 fully saturated rings. The highest BCUT2D eigenvalue weighted by atomic mass is 32.2. The summed E-state index contributed by atoms with van der Waals surface area (Å²) in [6, 6.07) is -0.513. The van der Waals surface area contributed by atoms with Crippen LogP contribution in [0.4, 0.5) is 0 Å². The molecule has 1 heterocycles. The first-order valence-electron chi connectivity index (χ1n) is 3.62. The Morgan fingerprint density at radius 1 is 1.73 bits per heavy atom. The highest BCUT2D eigenvalue weighted by Crippen LogP contribution is 2.30. The van der Waals surface area contributed by atoms with Gasteiger partial charge in [0.2, 0.25) is 0 Å². The lowest BCUT2D eigenvalue weighted by atomic mass is 10.0. The van der Waals surface area contributed by atoms with Gasteiger partial charge in [-0.1, -0.05) is 0 Å². The van der Waals surface area contributed by atoms with E-state index in [1.165, 1.54) is 0 Å². The van der Waals surface area contributed by atoms with Crippen LogP contribution < -0.4 is 10.4 Å². The highest BCUT2D eigenvalue weighted by Gasteiger charge is 2.33. The Labute approximate surface area is 70.6 Å². The van der Waals surface area contributed by atoms with Crippen LogP contribution in [0.3, 0.4) is 0 Å². The van der Waals surface area contributed by atoms with Gasteiger partial charge in [-0.25, -0.2) is 0 Å². The van der Waals surface area contributed by atoms with Crippen LogP contribution in [0.1, 0.15) is 13.8 Å². The van der Waals surface area contributed by atoms with Crippen molar-refractivity contribution in [2.45, 2.75) is 24.6 Å². The second kappa shape index (κ2) is 3.03. The average molecular weight is 174 g/mol. The number of thioether (sulfide) groups is 1. The molecule has 0 saturated carbocycles. The van der Waals surface area contributed by atoms with E-state index in [2.05, 4.69) is 5.32 Å². The quantitative estimate of drug-likeness (QED) is 0.566. The minimum Gasteiger partial charge on any atom is -0.548 e. The molecule has 0 spiro atoms. The van der Waals surface area contributed by atoms with E-state index in [1.54, 1.807) is 11.8 Å². The number of nitrogens with one attached hydrogen (secondary N) is 1. The zero-order valence-electron chi connectivity index (χ0n) is 6.72. The lowest BCUT2D eigenvalue weighted by molar-refractivity contribution is -0.309. The normalized spacial score (nSPS) is 29.8. The van der Waals surface area contributed by atoms with Crippen LogP contribution in [0, 0.1) is 0 Å². The van der Waals surface area contributed by atoms with Crippen molar-refractivity contribution in [1.29, 1.82) is 0 Å². The van der Waals surface area contributed by atoms with Gasteiger partial charge >= 0.3 is 0 Å². The molecule has 0 aromatic rings. The lowest BCUT2D eigenvalue weighted by Crippen LogP contribution is -2.58. The number of carboxylic acid groups (broad SMARTS) is 1. The molecule has 0 bridgehead atoms. The average Bonchev–Trinajstić information content (AvgIpc) is 1.85. The van der Waals surface area contributed by atoms with Gasteiger partial charge in [0.25, 0.3) is 0 Å². The van der Waals surface area contributed by atoms with Gasteiger partial charge in [0.15, 0.2) is 0 Å². The Kier molecular flexibility index (Phi) is 2.44. The van der Waals surface area contributed by atoms with E-state index in [1.807, 2.05) is 13.8 Å². The highest BCUT2D eigenvalue weighted by molar-refractivity contribution is 8.00. The molecule has 3 nitrogen and oxygen atoms in total. The molecule has 64 valence electrons. The van der Waals surface area contributed by atoms with Crippen molar-refractivity contribution < 1.29 is 9.90 Å². The van der Waals surface area contributed by atoms with Crippen LogP contribution in [-0.4, -0.2) is 29.1 Å². The third kappa shape index (κ3) is 1.87. The Morgan fingerprint density at radius 2 is 2.36 bits per heavy atom. The number of hydrogen-bond donors (Lipinski definition) is 1. The van der Waals surface area contributed by atoms with E-state index in [0.29, 0.717) is 0 Å². The number of hydrogen-bond acceptors (Lipinski definition) is 4.